The lowest BCUT2D eigenvalue weighted by atomic mass is 10.1. The van der Waals surface area contributed by atoms with Crippen LogP contribution in [0.25, 0.3) is 0 Å². The Bertz CT molecular complexity index is 268. The van der Waals surface area contributed by atoms with E-state index in [1.165, 1.54) is 6.92 Å². The number of ether oxygens (including phenoxy) is 1. The summed E-state index contributed by atoms with van der Waals surface area (Å²) in [5.74, 6) is -0.759. The number of carbonyl (C=O) groups excluding carboxylic acids is 2. The highest BCUT2D eigenvalue weighted by molar-refractivity contribution is 6.06. The molecule has 0 radical (unpaired) electrons. The maximum absolute atomic E-state index is 11.1. The largest absolute Gasteiger partial charge is 0.393 e. The van der Waals surface area contributed by atoms with E-state index in [2.05, 4.69) is 15.0 Å². The van der Waals surface area contributed by atoms with Crippen molar-refractivity contribution < 1.29 is 14.3 Å². The molecule has 0 aliphatic carbocycles. The fourth-order valence-electron chi connectivity index (χ4n) is 0.767. The molecule has 0 bridgehead atoms. The predicted molar refractivity (Wildman–Crippen MR) is 41.4 cm³/mol. The Hall–Kier alpha value is -1.39. The summed E-state index contributed by atoms with van der Waals surface area (Å²) in [6, 6.07) is -0.0162. The molecule has 5 heteroatoms. The number of amidine groups is 1. The van der Waals surface area contributed by atoms with Gasteiger partial charge in [-0.3, -0.25) is 14.9 Å². The molecule has 0 aromatic carbocycles. The normalized spacial score (nSPS) is 19.9. The lowest BCUT2D eigenvalue weighted by Crippen LogP contribution is -2.35. The van der Waals surface area contributed by atoms with Crippen molar-refractivity contribution in [2.24, 2.45) is 4.99 Å². The van der Waals surface area contributed by atoms with Crippen LogP contribution in [-0.4, -0.2) is 23.4 Å². The van der Waals surface area contributed by atoms with Gasteiger partial charge in [0.05, 0.1) is 0 Å². The van der Waals surface area contributed by atoms with Crippen molar-refractivity contribution in [2.45, 2.75) is 26.3 Å². The van der Waals surface area contributed by atoms with E-state index in [9.17, 15) is 9.59 Å². The SMILES string of the molecule is CC(=O)OC1=NC(C)(C)C(=O)N1. The summed E-state index contributed by atoms with van der Waals surface area (Å²) in [5, 5.41) is 2.34. The number of aliphatic imine (C=N–C) groups is 1. The fraction of sp³-hybridized carbons (Fsp3) is 0.571. The van der Waals surface area contributed by atoms with Gasteiger partial charge in [0.1, 0.15) is 5.54 Å². The number of carbonyl (C=O) groups is 2. The van der Waals surface area contributed by atoms with Gasteiger partial charge < -0.3 is 4.74 Å². The number of hydrogen-bond donors (Lipinski definition) is 1. The molecule has 1 N–H and O–H groups in total. The smallest absolute Gasteiger partial charge is 0.310 e. The number of amides is 1. The lowest BCUT2D eigenvalue weighted by molar-refractivity contribution is -0.133. The molecule has 0 spiro atoms. The van der Waals surface area contributed by atoms with Crippen LogP contribution in [0, 0.1) is 0 Å². The molecule has 1 heterocycles. The summed E-state index contributed by atoms with van der Waals surface area (Å²) in [6.07, 6.45) is 0. The van der Waals surface area contributed by atoms with Gasteiger partial charge in [-0.1, -0.05) is 0 Å². The first-order valence-corrected chi connectivity index (χ1v) is 3.51. The molecule has 5 nitrogen and oxygen atoms in total. The minimum atomic E-state index is -0.829. The van der Waals surface area contributed by atoms with Gasteiger partial charge in [-0.05, 0) is 13.8 Å². The molecule has 1 aliphatic rings. The number of nitrogens with zero attached hydrogens (tertiary/aromatic N) is 1. The van der Waals surface area contributed by atoms with Gasteiger partial charge in [0, 0.05) is 6.92 Å². The quantitative estimate of drug-likeness (QED) is 0.512. The van der Waals surface area contributed by atoms with Crippen molar-refractivity contribution >= 4 is 17.9 Å². The van der Waals surface area contributed by atoms with Gasteiger partial charge in [0.25, 0.3) is 11.9 Å². The molecule has 0 unspecified atom stereocenters. The second-order valence-corrected chi connectivity index (χ2v) is 3.02. The Morgan fingerprint density at radius 3 is 2.50 bits per heavy atom. The van der Waals surface area contributed by atoms with Crippen molar-refractivity contribution in [1.82, 2.24) is 5.32 Å². The summed E-state index contributed by atoms with van der Waals surface area (Å²) in [4.78, 5) is 25.4. The number of rotatable bonds is 0. The molecule has 1 rings (SSSR count). The Morgan fingerprint density at radius 1 is 1.58 bits per heavy atom. The van der Waals surface area contributed by atoms with Crippen LogP contribution in [0.5, 0.6) is 0 Å². The fourth-order valence-corrected chi connectivity index (χ4v) is 0.767. The molecular weight excluding hydrogens is 160 g/mol. The molecule has 1 amide bonds. The van der Waals surface area contributed by atoms with E-state index in [-0.39, 0.29) is 11.9 Å². The first-order valence-electron chi connectivity index (χ1n) is 3.51. The van der Waals surface area contributed by atoms with Gasteiger partial charge in [-0.25, -0.2) is 4.99 Å². The highest BCUT2D eigenvalue weighted by atomic mass is 16.6. The molecular formula is C7H10N2O3. The van der Waals surface area contributed by atoms with Crippen molar-refractivity contribution in [3.8, 4) is 0 Å². The first-order chi connectivity index (χ1) is 5.42. The molecule has 12 heavy (non-hydrogen) atoms. The van der Waals surface area contributed by atoms with Gasteiger partial charge in [0.15, 0.2) is 0 Å². The molecule has 0 saturated carbocycles. The Morgan fingerprint density at radius 2 is 2.17 bits per heavy atom. The molecule has 1 aliphatic heterocycles. The van der Waals surface area contributed by atoms with E-state index in [1.54, 1.807) is 13.8 Å². The number of nitrogens with one attached hydrogen (secondary N) is 1. The van der Waals surface area contributed by atoms with Crippen LogP contribution in [-0.2, 0) is 14.3 Å². The summed E-state index contributed by atoms with van der Waals surface area (Å²) < 4.78 is 4.60. The molecule has 0 fully saturated rings. The average Bonchev–Trinajstić information content (AvgIpc) is 2.04. The van der Waals surface area contributed by atoms with Gasteiger partial charge in [-0.2, -0.15) is 0 Å². The van der Waals surface area contributed by atoms with Crippen LogP contribution in [0.15, 0.2) is 4.99 Å². The summed E-state index contributed by atoms with van der Waals surface area (Å²) in [7, 11) is 0. The topological polar surface area (TPSA) is 67.8 Å². The predicted octanol–water partition coefficient (Wildman–Crippen LogP) is -0.186. The zero-order chi connectivity index (χ0) is 9.35. The van der Waals surface area contributed by atoms with E-state index in [1.807, 2.05) is 0 Å². The van der Waals surface area contributed by atoms with Crippen LogP contribution in [0.1, 0.15) is 20.8 Å². The summed E-state index contributed by atoms with van der Waals surface area (Å²) >= 11 is 0. The second kappa shape index (κ2) is 2.58. The van der Waals surface area contributed by atoms with Crippen LogP contribution < -0.4 is 5.32 Å². The summed E-state index contributed by atoms with van der Waals surface area (Å²) in [6.45, 7) is 4.53. The second-order valence-electron chi connectivity index (χ2n) is 3.02. The Labute approximate surface area is 69.8 Å². The van der Waals surface area contributed by atoms with E-state index in [0.717, 1.165) is 0 Å². The maximum Gasteiger partial charge on any atom is 0.310 e. The van der Waals surface area contributed by atoms with Gasteiger partial charge in [-0.15, -0.1) is 0 Å². The molecule has 0 aromatic heterocycles. The minimum absolute atomic E-state index is 0.0162. The van der Waals surface area contributed by atoms with E-state index in [0.29, 0.717) is 0 Å². The maximum atomic E-state index is 11.1. The van der Waals surface area contributed by atoms with Crippen LogP contribution in [0.3, 0.4) is 0 Å². The standard InChI is InChI=1S/C7H10N2O3/c1-4(10)12-6-8-5(11)7(2,3)9-6/h1-3H3,(H,8,9,11). The Kier molecular flexibility index (Phi) is 1.87. The van der Waals surface area contributed by atoms with E-state index < -0.39 is 11.5 Å². The monoisotopic (exact) mass is 170 g/mol. The average molecular weight is 170 g/mol. The van der Waals surface area contributed by atoms with E-state index >= 15 is 0 Å². The Balaban J connectivity index is 2.73. The third kappa shape index (κ3) is 1.61. The van der Waals surface area contributed by atoms with Gasteiger partial charge in [0.2, 0.25) is 0 Å². The minimum Gasteiger partial charge on any atom is -0.393 e. The third-order valence-electron chi connectivity index (χ3n) is 1.40. The highest BCUT2D eigenvalue weighted by Crippen LogP contribution is 2.14. The van der Waals surface area contributed by atoms with Gasteiger partial charge >= 0.3 is 5.97 Å². The third-order valence-corrected chi connectivity index (χ3v) is 1.40. The first kappa shape index (κ1) is 8.70. The number of hydrogen-bond acceptors (Lipinski definition) is 4. The lowest BCUT2D eigenvalue weighted by Gasteiger charge is -2.06. The molecule has 0 atom stereocenters. The van der Waals surface area contributed by atoms with Crippen molar-refractivity contribution in [2.75, 3.05) is 0 Å². The van der Waals surface area contributed by atoms with Crippen LogP contribution >= 0.6 is 0 Å². The van der Waals surface area contributed by atoms with Crippen molar-refractivity contribution in [3.63, 3.8) is 0 Å². The molecule has 0 aromatic rings. The van der Waals surface area contributed by atoms with E-state index in [4.69, 9.17) is 0 Å². The molecule has 0 saturated heterocycles. The number of esters is 1. The van der Waals surface area contributed by atoms with Crippen molar-refractivity contribution in [3.05, 3.63) is 0 Å². The zero-order valence-corrected chi connectivity index (χ0v) is 7.17. The summed E-state index contributed by atoms with van der Waals surface area (Å²) in [5.41, 5.74) is -0.829. The van der Waals surface area contributed by atoms with Crippen LogP contribution in [0.2, 0.25) is 0 Å². The zero-order valence-electron chi connectivity index (χ0n) is 7.17. The van der Waals surface area contributed by atoms with Crippen LogP contribution in [0.4, 0.5) is 0 Å². The van der Waals surface area contributed by atoms with Crippen molar-refractivity contribution in [1.29, 1.82) is 0 Å². The highest BCUT2D eigenvalue weighted by Gasteiger charge is 2.35. The molecule has 66 valence electrons.